The molecule has 3 N–H and O–H groups in total. The third-order valence-corrected chi connectivity index (χ3v) is 4.04. The molecule has 0 aliphatic carbocycles. The van der Waals surface area contributed by atoms with E-state index in [-0.39, 0.29) is 17.5 Å². The first-order chi connectivity index (χ1) is 9.52. The van der Waals surface area contributed by atoms with Gasteiger partial charge < -0.3 is 10.8 Å². The number of hydrogen-bond acceptors (Lipinski definition) is 2. The molecule has 0 radical (unpaired) electrons. The van der Waals surface area contributed by atoms with Crippen LogP contribution in [-0.2, 0) is 0 Å². The van der Waals surface area contributed by atoms with Crippen LogP contribution in [0.3, 0.4) is 0 Å². The smallest absolute Gasteiger partial charge is 0.141 e. The molecule has 0 saturated carbocycles. The topological polar surface area (TPSA) is 46.2 Å². The summed E-state index contributed by atoms with van der Waals surface area (Å²) in [6, 6.07) is 11.8. The molecule has 0 aromatic heterocycles. The summed E-state index contributed by atoms with van der Waals surface area (Å²) in [7, 11) is 0. The van der Waals surface area contributed by atoms with E-state index in [2.05, 4.69) is 15.9 Å². The molecule has 0 aliphatic heterocycles. The molecular formula is C15H14BrClFNO. The van der Waals surface area contributed by atoms with Gasteiger partial charge in [-0.1, -0.05) is 45.7 Å². The lowest BCUT2D eigenvalue weighted by atomic mass is 9.89. The first-order valence-electron chi connectivity index (χ1n) is 6.11. The molecule has 0 aliphatic rings. The van der Waals surface area contributed by atoms with Gasteiger partial charge in [0.25, 0.3) is 0 Å². The van der Waals surface area contributed by atoms with Crippen molar-refractivity contribution in [1.29, 1.82) is 0 Å². The number of nitrogens with two attached hydrogens (primary N) is 1. The molecule has 0 spiro atoms. The molecule has 20 heavy (non-hydrogen) atoms. The van der Waals surface area contributed by atoms with Gasteiger partial charge in [0.05, 0.1) is 11.1 Å². The fourth-order valence-electron chi connectivity index (χ4n) is 2.09. The van der Waals surface area contributed by atoms with Crippen LogP contribution in [0.4, 0.5) is 4.39 Å². The molecule has 0 saturated heterocycles. The Labute approximate surface area is 130 Å². The van der Waals surface area contributed by atoms with Crippen LogP contribution < -0.4 is 5.73 Å². The van der Waals surface area contributed by atoms with E-state index in [9.17, 15) is 9.50 Å². The Balaban J connectivity index is 2.30. The molecular weight excluding hydrogens is 345 g/mol. The van der Waals surface area contributed by atoms with Crippen molar-refractivity contribution in [2.24, 2.45) is 5.73 Å². The van der Waals surface area contributed by atoms with Crippen molar-refractivity contribution in [3.8, 4) is 0 Å². The highest BCUT2D eigenvalue weighted by atomic mass is 79.9. The standard InChI is InChI=1S/C15H14BrClFNO/c16-11-4-1-9(2-5-11)12(8-19)15(20)10-3-6-14(18)13(17)7-10/h1-7,12,15,20H,8,19H2. The maximum absolute atomic E-state index is 13.2. The second-order valence-electron chi connectivity index (χ2n) is 4.51. The predicted octanol–water partition coefficient (Wildman–Crippen LogP) is 4.02. The molecule has 2 aromatic rings. The molecule has 5 heteroatoms. The van der Waals surface area contributed by atoms with Crippen molar-refractivity contribution in [3.63, 3.8) is 0 Å². The Hall–Kier alpha value is -0.940. The summed E-state index contributed by atoms with van der Waals surface area (Å²) >= 11 is 9.11. The molecule has 0 heterocycles. The minimum Gasteiger partial charge on any atom is -0.388 e. The monoisotopic (exact) mass is 357 g/mol. The predicted molar refractivity (Wildman–Crippen MR) is 82.3 cm³/mol. The average Bonchev–Trinajstić information content (AvgIpc) is 2.44. The Morgan fingerprint density at radius 3 is 2.30 bits per heavy atom. The molecule has 0 amide bonds. The zero-order valence-corrected chi connectivity index (χ0v) is 12.9. The highest BCUT2D eigenvalue weighted by molar-refractivity contribution is 9.10. The fourth-order valence-corrected chi connectivity index (χ4v) is 2.54. The van der Waals surface area contributed by atoms with Crippen molar-refractivity contribution < 1.29 is 9.50 Å². The van der Waals surface area contributed by atoms with Gasteiger partial charge in [-0.3, -0.25) is 0 Å². The lowest BCUT2D eigenvalue weighted by Crippen LogP contribution is -2.20. The number of hydrogen-bond donors (Lipinski definition) is 2. The minimum atomic E-state index is -0.834. The molecule has 106 valence electrons. The first kappa shape index (κ1) is 15.4. The summed E-state index contributed by atoms with van der Waals surface area (Å²) < 4.78 is 14.1. The van der Waals surface area contributed by atoms with Gasteiger partial charge in [0, 0.05) is 16.9 Å². The van der Waals surface area contributed by atoms with Crippen LogP contribution in [0.2, 0.25) is 5.02 Å². The highest BCUT2D eigenvalue weighted by Gasteiger charge is 2.22. The normalized spacial score (nSPS) is 14.1. The number of halogens is 3. The van der Waals surface area contributed by atoms with Gasteiger partial charge in [-0.15, -0.1) is 0 Å². The summed E-state index contributed by atoms with van der Waals surface area (Å²) in [6.45, 7) is 0.276. The molecule has 2 unspecified atom stereocenters. The van der Waals surface area contributed by atoms with Gasteiger partial charge in [0.15, 0.2) is 0 Å². The van der Waals surface area contributed by atoms with Crippen LogP contribution in [0.5, 0.6) is 0 Å². The molecule has 2 atom stereocenters. The van der Waals surface area contributed by atoms with Crippen LogP contribution in [-0.4, -0.2) is 11.7 Å². The zero-order valence-electron chi connectivity index (χ0n) is 10.6. The lowest BCUT2D eigenvalue weighted by molar-refractivity contribution is 0.147. The van der Waals surface area contributed by atoms with E-state index in [1.807, 2.05) is 24.3 Å². The second-order valence-corrected chi connectivity index (χ2v) is 5.84. The summed E-state index contributed by atoms with van der Waals surface area (Å²) in [5, 5.41) is 10.4. The second kappa shape index (κ2) is 6.68. The van der Waals surface area contributed by atoms with Crippen molar-refractivity contribution >= 4 is 27.5 Å². The van der Waals surface area contributed by atoms with Crippen LogP contribution in [0, 0.1) is 5.82 Å². The number of aliphatic hydroxyl groups excluding tert-OH is 1. The fraction of sp³-hybridized carbons (Fsp3) is 0.200. The molecule has 2 rings (SSSR count). The summed E-state index contributed by atoms with van der Waals surface area (Å²) in [5.41, 5.74) is 7.24. The van der Waals surface area contributed by atoms with E-state index >= 15 is 0 Å². The SMILES string of the molecule is NCC(c1ccc(Br)cc1)C(O)c1ccc(F)c(Cl)c1. The van der Waals surface area contributed by atoms with Gasteiger partial charge >= 0.3 is 0 Å². The third kappa shape index (κ3) is 3.38. The quantitative estimate of drug-likeness (QED) is 0.867. The first-order valence-corrected chi connectivity index (χ1v) is 7.28. The number of benzene rings is 2. The maximum atomic E-state index is 13.2. The summed E-state index contributed by atoms with van der Waals surface area (Å²) in [4.78, 5) is 0. The number of rotatable bonds is 4. The summed E-state index contributed by atoms with van der Waals surface area (Å²) in [5.74, 6) is -0.778. The van der Waals surface area contributed by atoms with Crippen molar-refractivity contribution in [3.05, 3.63) is 68.9 Å². The van der Waals surface area contributed by atoms with Gasteiger partial charge in [-0.25, -0.2) is 4.39 Å². The van der Waals surface area contributed by atoms with Gasteiger partial charge in [0.2, 0.25) is 0 Å². The van der Waals surface area contributed by atoms with E-state index in [0.29, 0.717) is 5.56 Å². The Morgan fingerprint density at radius 2 is 1.75 bits per heavy atom. The van der Waals surface area contributed by atoms with E-state index in [1.165, 1.54) is 18.2 Å². The van der Waals surface area contributed by atoms with Gasteiger partial charge in [-0.2, -0.15) is 0 Å². The van der Waals surface area contributed by atoms with Crippen LogP contribution >= 0.6 is 27.5 Å². The number of aliphatic hydroxyl groups is 1. The van der Waals surface area contributed by atoms with Crippen molar-refractivity contribution in [2.75, 3.05) is 6.54 Å². The lowest BCUT2D eigenvalue weighted by Gasteiger charge is -2.22. The van der Waals surface area contributed by atoms with E-state index in [4.69, 9.17) is 17.3 Å². The van der Waals surface area contributed by atoms with E-state index in [0.717, 1.165) is 10.0 Å². The largest absolute Gasteiger partial charge is 0.388 e. The molecule has 0 bridgehead atoms. The Morgan fingerprint density at radius 1 is 1.15 bits per heavy atom. The minimum absolute atomic E-state index is 0.00636. The molecule has 2 nitrogen and oxygen atoms in total. The van der Waals surface area contributed by atoms with E-state index in [1.54, 1.807) is 0 Å². The van der Waals surface area contributed by atoms with Gasteiger partial charge in [0.1, 0.15) is 5.82 Å². The summed E-state index contributed by atoms with van der Waals surface area (Å²) in [6.07, 6.45) is -0.834. The third-order valence-electron chi connectivity index (χ3n) is 3.22. The molecule has 0 fully saturated rings. The van der Waals surface area contributed by atoms with Crippen molar-refractivity contribution in [1.82, 2.24) is 0 Å². The molecule has 2 aromatic carbocycles. The van der Waals surface area contributed by atoms with E-state index < -0.39 is 11.9 Å². The highest BCUT2D eigenvalue weighted by Crippen LogP contribution is 2.32. The van der Waals surface area contributed by atoms with Crippen molar-refractivity contribution in [2.45, 2.75) is 12.0 Å². The van der Waals surface area contributed by atoms with Gasteiger partial charge in [-0.05, 0) is 35.4 Å². The van der Waals surface area contributed by atoms with Crippen LogP contribution in [0.15, 0.2) is 46.9 Å². The van der Waals surface area contributed by atoms with Crippen LogP contribution in [0.25, 0.3) is 0 Å². The Bertz CT molecular complexity index is 591. The zero-order chi connectivity index (χ0) is 14.7. The average molecular weight is 359 g/mol. The maximum Gasteiger partial charge on any atom is 0.141 e. The Kier molecular flexibility index (Phi) is 5.16. The van der Waals surface area contributed by atoms with Crippen LogP contribution in [0.1, 0.15) is 23.1 Å².